The lowest BCUT2D eigenvalue weighted by atomic mass is 10.1. The van der Waals surface area contributed by atoms with Gasteiger partial charge in [0.2, 0.25) is 5.88 Å². The maximum absolute atomic E-state index is 5.60. The molecule has 128 valence electrons. The van der Waals surface area contributed by atoms with E-state index in [2.05, 4.69) is 27.9 Å². The molecular formula is C19H26N4O. The van der Waals surface area contributed by atoms with Crippen molar-refractivity contribution in [3.05, 3.63) is 47.2 Å². The smallest absolute Gasteiger partial charge is 0.213 e. The molecule has 0 fully saturated rings. The van der Waals surface area contributed by atoms with Gasteiger partial charge in [0, 0.05) is 62.2 Å². The zero-order valence-electron chi connectivity index (χ0n) is 14.8. The second-order valence-corrected chi connectivity index (χ2v) is 6.64. The van der Waals surface area contributed by atoms with Crippen LogP contribution in [0.2, 0.25) is 0 Å². The number of hydrogen-bond donors (Lipinski definition) is 0. The normalized spacial score (nSPS) is 14.7. The molecule has 3 rings (SSSR count). The number of hydrogen-bond acceptors (Lipinski definition) is 5. The quantitative estimate of drug-likeness (QED) is 0.816. The maximum atomic E-state index is 5.60. The molecule has 1 aliphatic rings. The molecular weight excluding hydrogens is 300 g/mol. The van der Waals surface area contributed by atoms with Crippen LogP contribution < -0.4 is 4.74 Å². The SMILES string of the molecule is CCCc1ncc2c(n1)CCN(Cc1ccc(OC(C)C)nc1)C2. The van der Waals surface area contributed by atoms with Crippen molar-refractivity contribution < 1.29 is 4.74 Å². The van der Waals surface area contributed by atoms with Crippen LogP contribution in [-0.4, -0.2) is 32.5 Å². The fraction of sp³-hybridized carbons (Fsp3) is 0.526. The second kappa shape index (κ2) is 7.71. The van der Waals surface area contributed by atoms with E-state index in [1.165, 1.54) is 16.8 Å². The number of aryl methyl sites for hydroxylation is 1. The van der Waals surface area contributed by atoms with E-state index in [9.17, 15) is 0 Å². The molecule has 2 aromatic rings. The lowest BCUT2D eigenvalue weighted by Gasteiger charge is -2.28. The van der Waals surface area contributed by atoms with Gasteiger partial charge < -0.3 is 4.74 Å². The van der Waals surface area contributed by atoms with Gasteiger partial charge in [-0.3, -0.25) is 4.90 Å². The molecule has 2 aromatic heterocycles. The molecule has 0 saturated heterocycles. The molecule has 0 aliphatic carbocycles. The Labute approximate surface area is 144 Å². The Kier molecular flexibility index (Phi) is 5.41. The first-order valence-electron chi connectivity index (χ1n) is 8.81. The minimum absolute atomic E-state index is 0.152. The first-order chi connectivity index (χ1) is 11.6. The van der Waals surface area contributed by atoms with Gasteiger partial charge in [0.05, 0.1) is 6.10 Å². The summed E-state index contributed by atoms with van der Waals surface area (Å²) in [4.78, 5) is 16.0. The molecule has 3 heterocycles. The summed E-state index contributed by atoms with van der Waals surface area (Å²) >= 11 is 0. The van der Waals surface area contributed by atoms with Crippen LogP contribution in [0.15, 0.2) is 24.5 Å². The van der Waals surface area contributed by atoms with Crippen LogP contribution in [0.3, 0.4) is 0 Å². The van der Waals surface area contributed by atoms with E-state index in [1.807, 2.05) is 32.3 Å². The van der Waals surface area contributed by atoms with E-state index in [-0.39, 0.29) is 6.10 Å². The Balaban J connectivity index is 1.61. The van der Waals surface area contributed by atoms with Crippen molar-refractivity contribution in [2.45, 2.75) is 59.2 Å². The summed E-state index contributed by atoms with van der Waals surface area (Å²) in [5.41, 5.74) is 3.69. The molecule has 0 amide bonds. The monoisotopic (exact) mass is 326 g/mol. The summed E-state index contributed by atoms with van der Waals surface area (Å²) < 4.78 is 5.60. The summed E-state index contributed by atoms with van der Waals surface area (Å²) in [5.74, 6) is 1.67. The molecule has 24 heavy (non-hydrogen) atoms. The average molecular weight is 326 g/mol. The first-order valence-corrected chi connectivity index (χ1v) is 8.81. The maximum Gasteiger partial charge on any atom is 0.213 e. The highest BCUT2D eigenvalue weighted by molar-refractivity contribution is 5.22. The fourth-order valence-electron chi connectivity index (χ4n) is 2.97. The van der Waals surface area contributed by atoms with Crippen molar-refractivity contribution in [2.24, 2.45) is 0 Å². The first kappa shape index (κ1) is 16.8. The van der Waals surface area contributed by atoms with Crippen LogP contribution in [0.25, 0.3) is 0 Å². The van der Waals surface area contributed by atoms with E-state index in [0.29, 0.717) is 5.88 Å². The highest BCUT2D eigenvalue weighted by atomic mass is 16.5. The number of nitrogens with zero attached hydrogens (tertiary/aromatic N) is 4. The highest BCUT2D eigenvalue weighted by Gasteiger charge is 2.18. The number of pyridine rings is 1. The molecule has 5 nitrogen and oxygen atoms in total. The van der Waals surface area contributed by atoms with Gasteiger partial charge in [-0.05, 0) is 25.8 Å². The molecule has 0 bridgehead atoms. The topological polar surface area (TPSA) is 51.1 Å². The van der Waals surface area contributed by atoms with E-state index in [1.54, 1.807) is 0 Å². The summed E-state index contributed by atoms with van der Waals surface area (Å²) in [5, 5.41) is 0. The van der Waals surface area contributed by atoms with Gasteiger partial charge in [-0.25, -0.2) is 15.0 Å². The minimum atomic E-state index is 0.152. The van der Waals surface area contributed by atoms with Crippen LogP contribution in [-0.2, 0) is 25.9 Å². The van der Waals surface area contributed by atoms with Gasteiger partial charge in [-0.2, -0.15) is 0 Å². The number of fused-ring (bicyclic) bond motifs is 1. The van der Waals surface area contributed by atoms with Crippen molar-refractivity contribution in [3.63, 3.8) is 0 Å². The van der Waals surface area contributed by atoms with Gasteiger partial charge in [0.15, 0.2) is 0 Å². The predicted octanol–water partition coefficient (Wildman–Crippen LogP) is 3.17. The van der Waals surface area contributed by atoms with Crippen LogP contribution in [0.5, 0.6) is 5.88 Å². The number of ether oxygens (including phenoxy) is 1. The minimum Gasteiger partial charge on any atom is -0.475 e. The van der Waals surface area contributed by atoms with Gasteiger partial charge in [0.1, 0.15) is 5.82 Å². The Bertz CT molecular complexity index is 670. The molecule has 0 radical (unpaired) electrons. The molecule has 0 unspecified atom stereocenters. The van der Waals surface area contributed by atoms with Gasteiger partial charge in [-0.1, -0.05) is 13.0 Å². The molecule has 5 heteroatoms. The van der Waals surface area contributed by atoms with Gasteiger partial charge >= 0.3 is 0 Å². The lowest BCUT2D eigenvalue weighted by Crippen LogP contribution is -2.31. The third-order valence-corrected chi connectivity index (χ3v) is 4.10. The summed E-state index contributed by atoms with van der Waals surface area (Å²) in [6.45, 7) is 9.01. The van der Waals surface area contributed by atoms with Crippen molar-refractivity contribution in [2.75, 3.05) is 6.54 Å². The molecule has 0 N–H and O–H groups in total. The highest BCUT2D eigenvalue weighted by Crippen LogP contribution is 2.19. The van der Waals surface area contributed by atoms with Crippen LogP contribution in [0.4, 0.5) is 0 Å². The van der Waals surface area contributed by atoms with Crippen molar-refractivity contribution in [1.82, 2.24) is 19.9 Å². The van der Waals surface area contributed by atoms with Crippen molar-refractivity contribution in [1.29, 1.82) is 0 Å². The summed E-state index contributed by atoms with van der Waals surface area (Å²) in [6, 6.07) is 4.05. The molecule has 0 spiro atoms. The van der Waals surface area contributed by atoms with E-state index < -0.39 is 0 Å². The van der Waals surface area contributed by atoms with E-state index in [0.717, 1.165) is 44.7 Å². The van der Waals surface area contributed by atoms with Gasteiger partial charge in [0.25, 0.3) is 0 Å². The van der Waals surface area contributed by atoms with Crippen molar-refractivity contribution in [3.8, 4) is 5.88 Å². The van der Waals surface area contributed by atoms with Gasteiger partial charge in [-0.15, -0.1) is 0 Å². The van der Waals surface area contributed by atoms with Crippen LogP contribution >= 0.6 is 0 Å². The Morgan fingerprint density at radius 1 is 1.21 bits per heavy atom. The van der Waals surface area contributed by atoms with Crippen LogP contribution in [0.1, 0.15) is 49.8 Å². The Hall–Kier alpha value is -2.01. The zero-order valence-corrected chi connectivity index (χ0v) is 14.8. The molecule has 0 atom stereocenters. The number of rotatable bonds is 6. The average Bonchev–Trinajstić information content (AvgIpc) is 2.57. The van der Waals surface area contributed by atoms with Crippen molar-refractivity contribution >= 4 is 0 Å². The van der Waals surface area contributed by atoms with E-state index >= 15 is 0 Å². The molecule has 0 aromatic carbocycles. The second-order valence-electron chi connectivity index (χ2n) is 6.64. The third-order valence-electron chi connectivity index (χ3n) is 4.10. The summed E-state index contributed by atoms with van der Waals surface area (Å²) in [6.07, 6.45) is 7.13. The largest absolute Gasteiger partial charge is 0.475 e. The lowest BCUT2D eigenvalue weighted by molar-refractivity contribution is 0.230. The fourth-order valence-corrected chi connectivity index (χ4v) is 2.97. The summed E-state index contributed by atoms with van der Waals surface area (Å²) in [7, 11) is 0. The Morgan fingerprint density at radius 3 is 2.79 bits per heavy atom. The predicted molar refractivity (Wildman–Crippen MR) is 93.8 cm³/mol. The number of aromatic nitrogens is 3. The van der Waals surface area contributed by atoms with E-state index in [4.69, 9.17) is 9.72 Å². The molecule has 0 saturated carbocycles. The third kappa shape index (κ3) is 4.29. The van der Waals surface area contributed by atoms with Crippen LogP contribution in [0, 0.1) is 0 Å². The molecule has 1 aliphatic heterocycles. The zero-order chi connectivity index (χ0) is 16.9. The standard InChI is InChI=1S/C19H26N4O/c1-4-5-18-20-11-16-13-23(9-8-17(16)22-18)12-15-6-7-19(21-10-15)24-14(2)3/h6-7,10-11,14H,4-5,8-9,12-13H2,1-3H3. The Morgan fingerprint density at radius 2 is 2.08 bits per heavy atom.